The molecule has 0 aliphatic carbocycles. The van der Waals surface area contributed by atoms with Gasteiger partial charge in [-0.05, 0) is 73.7 Å². The number of pyridine rings is 2. The molecule has 78 heavy (non-hydrogen) atoms. The number of halogens is 1. The predicted molar refractivity (Wildman–Crippen MR) is 315 cm³/mol. The van der Waals surface area contributed by atoms with E-state index in [2.05, 4.69) is 107 Å². The Morgan fingerprint density at radius 2 is 0.667 bits per heavy atom. The van der Waals surface area contributed by atoms with Crippen LogP contribution in [0.2, 0.25) is 5.28 Å². The second kappa shape index (κ2) is 22.6. The Kier molecular flexibility index (Phi) is 14.8. The highest BCUT2D eigenvalue weighted by Gasteiger charge is 2.51. The molecule has 8 aromatic carbocycles. The van der Waals surface area contributed by atoms with E-state index in [-0.39, 0.29) is 23.6 Å². The minimum absolute atomic E-state index is 0.202. The fourth-order valence-corrected chi connectivity index (χ4v) is 9.20. The topological polar surface area (TPSA) is 122 Å². The standard InChI is InChI=1S/C30H20N4.C21H22BNO2.C15H10ClN3/c1-3-11-22(12-4-1)28-32-29(23-13-5-2-6-14-23)34-30(33-28)25-16-9-15-24(20-25)27-26-17-8-7-10-21(26)18-19-31-27;1-20(2)21(3,4)25-22(24-20)17-10-7-9-16(14-17)19-18-11-6-5-8-15(18)12-13-23-19;16-15-18-13(11-7-3-1-4-8-11)17-14(19-15)12-9-5-2-6-10-12/h1-20H;5-14H,1-4H3;1-10H. The van der Waals surface area contributed by atoms with Gasteiger partial charge in [-0.2, -0.15) is 9.97 Å². The highest BCUT2D eigenvalue weighted by atomic mass is 35.5. The zero-order chi connectivity index (χ0) is 53.5. The molecule has 378 valence electrons. The monoisotopic (exact) mass is 1030 g/mol. The first-order valence-electron chi connectivity index (χ1n) is 25.7. The zero-order valence-electron chi connectivity index (χ0n) is 43.4. The van der Waals surface area contributed by atoms with Gasteiger partial charge in [-0.1, -0.05) is 212 Å². The molecule has 10 nitrogen and oxygen atoms in total. The van der Waals surface area contributed by atoms with Crippen molar-refractivity contribution in [3.05, 3.63) is 248 Å². The van der Waals surface area contributed by atoms with E-state index in [4.69, 9.17) is 35.9 Å². The van der Waals surface area contributed by atoms with Crippen molar-refractivity contribution in [2.24, 2.45) is 0 Å². The summed E-state index contributed by atoms with van der Waals surface area (Å²) in [4.78, 5) is 36.6. The third-order valence-electron chi connectivity index (χ3n) is 13.8. The molecule has 5 heterocycles. The number of fused-ring (bicyclic) bond motifs is 2. The molecule has 13 rings (SSSR count). The van der Waals surface area contributed by atoms with Crippen LogP contribution in [0.15, 0.2) is 243 Å². The van der Waals surface area contributed by atoms with Crippen molar-refractivity contribution in [3.63, 3.8) is 0 Å². The zero-order valence-corrected chi connectivity index (χ0v) is 44.2. The van der Waals surface area contributed by atoms with Crippen LogP contribution < -0.4 is 5.46 Å². The molecule has 12 heteroatoms. The van der Waals surface area contributed by atoms with Crippen molar-refractivity contribution in [2.75, 3.05) is 0 Å². The summed E-state index contributed by atoms with van der Waals surface area (Å²) in [7, 11) is -0.361. The van der Waals surface area contributed by atoms with Gasteiger partial charge in [-0.3, -0.25) is 9.97 Å². The molecule has 0 atom stereocenters. The van der Waals surface area contributed by atoms with Gasteiger partial charge in [0.25, 0.3) is 0 Å². The Bertz CT molecular complexity index is 3880. The van der Waals surface area contributed by atoms with Gasteiger partial charge in [-0.25, -0.2) is 19.9 Å². The molecule has 0 unspecified atom stereocenters. The van der Waals surface area contributed by atoms with E-state index in [0.717, 1.165) is 72.0 Å². The van der Waals surface area contributed by atoms with Crippen molar-refractivity contribution >= 4 is 45.7 Å². The predicted octanol–water partition coefficient (Wildman–Crippen LogP) is 15.1. The van der Waals surface area contributed by atoms with Crippen molar-refractivity contribution in [1.82, 2.24) is 39.9 Å². The Morgan fingerprint density at radius 1 is 0.333 bits per heavy atom. The summed E-state index contributed by atoms with van der Waals surface area (Å²) in [5, 5.41) is 4.82. The highest BCUT2D eigenvalue weighted by Crippen LogP contribution is 2.37. The molecule has 1 saturated heterocycles. The van der Waals surface area contributed by atoms with Crippen molar-refractivity contribution in [3.8, 4) is 79.5 Å². The first-order chi connectivity index (χ1) is 38.0. The van der Waals surface area contributed by atoms with Crippen LogP contribution in [-0.4, -0.2) is 58.2 Å². The van der Waals surface area contributed by atoms with Gasteiger partial charge in [0.05, 0.1) is 22.6 Å². The van der Waals surface area contributed by atoms with E-state index in [1.165, 1.54) is 5.39 Å². The summed E-state index contributed by atoms with van der Waals surface area (Å²) in [5.41, 5.74) is 9.03. The number of hydrogen-bond acceptors (Lipinski definition) is 10. The molecule has 1 aliphatic heterocycles. The van der Waals surface area contributed by atoms with Gasteiger partial charge in [0.2, 0.25) is 5.28 Å². The maximum Gasteiger partial charge on any atom is 0.494 e. The van der Waals surface area contributed by atoms with Crippen molar-refractivity contribution < 1.29 is 9.31 Å². The van der Waals surface area contributed by atoms with Crippen LogP contribution >= 0.6 is 11.6 Å². The summed E-state index contributed by atoms with van der Waals surface area (Å²) in [6.07, 6.45) is 3.72. The molecule has 0 spiro atoms. The van der Waals surface area contributed by atoms with Crippen LogP contribution in [0, 0.1) is 0 Å². The van der Waals surface area contributed by atoms with E-state index >= 15 is 0 Å². The summed E-state index contributed by atoms with van der Waals surface area (Å²) in [6, 6.07) is 76.7. The number of rotatable bonds is 8. The van der Waals surface area contributed by atoms with Gasteiger partial charge < -0.3 is 9.31 Å². The quantitative estimate of drug-likeness (QED) is 0.136. The molecule has 0 amide bonds. The van der Waals surface area contributed by atoms with Crippen LogP contribution in [0.5, 0.6) is 0 Å². The molecular formula is C66H52BClN8O2. The molecule has 4 aromatic heterocycles. The Morgan fingerprint density at radius 3 is 1.10 bits per heavy atom. The van der Waals surface area contributed by atoms with Crippen LogP contribution in [0.1, 0.15) is 27.7 Å². The van der Waals surface area contributed by atoms with Gasteiger partial charge in [0.15, 0.2) is 29.1 Å². The van der Waals surface area contributed by atoms with E-state index in [0.29, 0.717) is 29.1 Å². The molecule has 0 saturated carbocycles. The molecule has 0 radical (unpaired) electrons. The Labute approximate surface area is 459 Å². The fraction of sp³-hybridized carbons (Fsp3) is 0.0909. The summed E-state index contributed by atoms with van der Waals surface area (Å²) < 4.78 is 12.4. The molecular weight excluding hydrogens is 983 g/mol. The van der Waals surface area contributed by atoms with Crippen LogP contribution in [0.3, 0.4) is 0 Å². The number of nitrogens with zero attached hydrogens (tertiary/aromatic N) is 8. The largest absolute Gasteiger partial charge is 0.494 e. The van der Waals surface area contributed by atoms with E-state index in [1.807, 2.05) is 188 Å². The van der Waals surface area contributed by atoms with E-state index in [9.17, 15) is 0 Å². The first kappa shape index (κ1) is 51.0. The maximum absolute atomic E-state index is 6.19. The minimum Gasteiger partial charge on any atom is -0.399 e. The third-order valence-corrected chi connectivity index (χ3v) is 14.0. The Hall–Kier alpha value is -9.13. The second-order valence-corrected chi connectivity index (χ2v) is 19.9. The van der Waals surface area contributed by atoms with Crippen LogP contribution in [-0.2, 0) is 9.31 Å². The number of hydrogen-bond donors (Lipinski definition) is 0. The second-order valence-electron chi connectivity index (χ2n) is 19.6. The smallest absolute Gasteiger partial charge is 0.399 e. The lowest BCUT2D eigenvalue weighted by atomic mass is 9.78. The van der Waals surface area contributed by atoms with Gasteiger partial charge >= 0.3 is 7.12 Å². The van der Waals surface area contributed by atoms with E-state index < -0.39 is 0 Å². The molecule has 0 bridgehead atoms. The first-order valence-corrected chi connectivity index (χ1v) is 26.1. The average molecular weight is 1040 g/mol. The minimum atomic E-state index is -0.361. The summed E-state index contributed by atoms with van der Waals surface area (Å²) in [6.45, 7) is 8.29. The number of aromatic nitrogens is 8. The van der Waals surface area contributed by atoms with Crippen LogP contribution in [0.25, 0.3) is 101 Å². The normalized spacial score (nSPS) is 13.3. The fourth-order valence-electron chi connectivity index (χ4n) is 9.04. The van der Waals surface area contributed by atoms with Gasteiger partial charge in [-0.15, -0.1) is 0 Å². The molecule has 0 N–H and O–H groups in total. The molecule has 12 aromatic rings. The summed E-state index contributed by atoms with van der Waals surface area (Å²) >= 11 is 5.99. The van der Waals surface area contributed by atoms with E-state index in [1.54, 1.807) is 0 Å². The van der Waals surface area contributed by atoms with Crippen molar-refractivity contribution in [1.29, 1.82) is 0 Å². The maximum atomic E-state index is 6.19. The number of benzene rings is 8. The van der Waals surface area contributed by atoms with Gasteiger partial charge in [0, 0.05) is 62.1 Å². The van der Waals surface area contributed by atoms with Crippen molar-refractivity contribution in [2.45, 2.75) is 38.9 Å². The lowest BCUT2D eigenvalue weighted by Gasteiger charge is -2.32. The van der Waals surface area contributed by atoms with Gasteiger partial charge in [0.1, 0.15) is 0 Å². The summed E-state index contributed by atoms with van der Waals surface area (Å²) in [5.74, 6) is 3.10. The average Bonchev–Trinajstić information content (AvgIpc) is 3.78. The molecule has 1 fully saturated rings. The molecule has 1 aliphatic rings. The lowest BCUT2D eigenvalue weighted by Crippen LogP contribution is -2.41. The van der Waals surface area contributed by atoms with Crippen LogP contribution in [0.4, 0.5) is 0 Å². The SMILES string of the molecule is CC1(C)OB(c2cccc(-c3nccc4ccccc34)c2)OC1(C)C.Clc1nc(-c2ccccc2)nc(-c2ccccc2)n1.c1ccc(-c2nc(-c3ccccc3)nc(-c3cccc(-c4nccc5ccccc45)c3)n2)cc1. The Balaban J connectivity index is 0.000000130. The highest BCUT2D eigenvalue weighted by molar-refractivity contribution is 6.62. The lowest BCUT2D eigenvalue weighted by molar-refractivity contribution is 0.00578. The third kappa shape index (κ3) is 11.4.